The molecule has 0 radical (unpaired) electrons. The van der Waals surface area contributed by atoms with Gasteiger partial charge in [0.2, 0.25) is 0 Å². The number of hydrogen-bond acceptors (Lipinski definition) is 3. The highest BCUT2D eigenvalue weighted by Crippen LogP contribution is 2.30. The summed E-state index contributed by atoms with van der Waals surface area (Å²) in [5.74, 6) is 2.53. The Morgan fingerprint density at radius 3 is 2.67 bits per heavy atom. The molecule has 0 saturated carbocycles. The molecule has 1 aliphatic heterocycles. The van der Waals surface area contributed by atoms with E-state index in [-0.39, 0.29) is 24.0 Å². The van der Waals surface area contributed by atoms with Gasteiger partial charge in [-0.1, -0.05) is 18.2 Å². The molecule has 0 amide bonds. The highest BCUT2D eigenvalue weighted by molar-refractivity contribution is 14.0. The van der Waals surface area contributed by atoms with Crippen LogP contribution >= 0.6 is 24.0 Å². The summed E-state index contributed by atoms with van der Waals surface area (Å²) in [6.07, 6.45) is 7.48. The van der Waals surface area contributed by atoms with Crippen molar-refractivity contribution >= 4 is 29.9 Å². The molecule has 1 aromatic carbocycles. The number of halogens is 1. The van der Waals surface area contributed by atoms with E-state index in [1.807, 2.05) is 12.1 Å². The lowest BCUT2D eigenvalue weighted by Crippen LogP contribution is -2.42. The van der Waals surface area contributed by atoms with Gasteiger partial charge in [-0.2, -0.15) is 0 Å². The molecule has 1 aromatic rings. The first-order valence-electron chi connectivity index (χ1n) is 8.43. The van der Waals surface area contributed by atoms with Gasteiger partial charge in [0.25, 0.3) is 0 Å². The van der Waals surface area contributed by atoms with Crippen molar-refractivity contribution in [3.05, 3.63) is 35.9 Å². The fourth-order valence-electron chi connectivity index (χ4n) is 2.72. The summed E-state index contributed by atoms with van der Waals surface area (Å²) in [5.41, 5.74) is 1.12. The van der Waals surface area contributed by atoms with Crippen LogP contribution in [0.2, 0.25) is 0 Å². The molecule has 0 bridgehead atoms. The maximum atomic E-state index is 5.74. The summed E-state index contributed by atoms with van der Waals surface area (Å²) in [5, 5.41) is 6.79. The minimum Gasteiger partial charge on any atom is -0.490 e. The average molecular weight is 443 g/mol. The van der Waals surface area contributed by atoms with E-state index in [1.54, 1.807) is 0 Å². The number of nitrogens with one attached hydrogen (secondary N) is 2. The molecule has 0 unspecified atom stereocenters. The molecule has 0 fully saturated rings. The predicted octanol–water partition coefficient (Wildman–Crippen LogP) is 3.24. The van der Waals surface area contributed by atoms with Crippen molar-refractivity contribution in [1.29, 1.82) is 0 Å². The molecule has 2 aliphatic rings. The molecule has 5 nitrogen and oxygen atoms in total. The Morgan fingerprint density at radius 2 is 1.92 bits per heavy atom. The molecule has 0 saturated heterocycles. The molecule has 0 spiro atoms. The van der Waals surface area contributed by atoms with Crippen LogP contribution in [0.25, 0.3) is 0 Å². The topological polar surface area (TPSA) is 54.9 Å². The molecule has 6 heteroatoms. The van der Waals surface area contributed by atoms with Gasteiger partial charge in [0.05, 0.1) is 19.8 Å². The molecular weight excluding hydrogens is 417 g/mol. The number of rotatable bonds is 4. The van der Waals surface area contributed by atoms with Crippen LogP contribution < -0.4 is 20.1 Å². The molecule has 1 aliphatic carbocycles. The number of nitrogens with zero attached hydrogens (tertiary/aromatic N) is 1. The third-order valence-corrected chi connectivity index (χ3v) is 3.92. The molecule has 0 aromatic heterocycles. The first-order chi connectivity index (χ1) is 11.3. The first-order valence-corrected chi connectivity index (χ1v) is 8.43. The summed E-state index contributed by atoms with van der Waals surface area (Å²) in [7, 11) is 0. The fourth-order valence-corrected chi connectivity index (χ4v) is 2.72. The maximum Gasteiger partial charge on any atom is 0.191 e. The lowest BCUT2D eigenvalue weighted by atomic mass is 10.2. The van der Waals surface area contributed by atoms with Crippen molar-refractivity contribution in [3.63, 3.8) is 0 Å². The van der Waals surface area contributed by atoms with Crippen LogP contribution in [-0.4, -0.2) is 31.8 Å². The van der Waals surface area contributed by atoms with Crippen molar-refractivity contribution in [2.75, 3.05) is 19.8 Å². The van der Waals surface area contributed by atoms with Gasteiger partial charge in [0.15, 0.2) is 17.5 Å². The molecular formula is C18H26IN3O2. The Labute approximate surface area is 160 Å². The van der Waals surface area contributed by atoms with E-state index in [2.05, 4.69) is 40.8 Å². The monoisotopic (exact) mass is 443 g/mol. The standard InChI is InChI=1S/C18H25N3O2.HI/c1-2-19-18(21-15-6-3-4-7-15)20-13-14-8-9-16-17(12-14)23-11-5-10-22-16;/h3-4,8-9,12,15H,2,5-7,10-11,13H2,1H3,(H2,19,20,21);1H. The Kier molecular flexibility index (Phi) is 7.68. The highest BCUT2D eigenvalue weighted by atomic mass is 127. The van der Waals surface area contributed by atoms with Gasteiger partial charge in [-0.05, 0) is 37.5 Å². The lowest BCUT2D eigenvalue weighted by Gasteiger charge is -2.16. The largest absolute Gasteiger partial charge is 0.490 e. The van der Waals surface area contributed by atoms with Gasteiger partial charge >= 0.3 is 0 Å². The molecule has 2 N–H and O–H groups in total. The Bertz CT molecular complexity index is 582. The van der Waals surface area contributed by atoms with Crippen LogP contribution in [0, 0.1) is 0 Å². The fraction of sp³-hybridized carbons (Fsp3) is 0.500. The summed E-state index contributed by atoms with van der Waals surface area (Å²) < 4.78 is 11.4. The molecule has 0 atom stereocenters. The van der Waals surface area contributed by atoms with Crippen molar-refractivity contribution in [1.82, 2.24) is 10.6 Å². The van der Waals surface area contributed by atoms with E-state index < -0.39 is 0 Å². The summed E-state index contributed by atoms with van der Waals surface area (Å²) in [6.45, 7) is 4.98. The number of hydrogen-bond donors (Lipinski definition) is 2. The molecule has 1 heterocycles. The second-order valence-electron chi connectivity index (χ2n) is 5.81. The van der Waals surface area contributed by atoms with Gasteiger partial charge in [-0.3, -0.25) is 0 Å². The quantitative estimate of drug-likeness (QED) is 0.325. The van der Waals surface area contributed by atoms with Crippen molar-refractivity contribution in [2.45, 2.75) is 38.8 Å². The van der Waals surface area contributed by atoms with E-state index >= 15 is 0 Å². The molecule has 24 heavy (non-hydrogen) atoms. The van der Waals surface area contributed by atoms with Gasteiger partial charge in [-0.25, -0.2) is 4.99 Å². The third kappa shape index (κ3) is 5.29. The summed E-state index contributed by atoms with van der Waals surface area (Å²) in [4.78, 5) is 4.69. The summed E-state index contributed by atoms with van der Waals surface area (Å²) in [6, 6.07) is 6.52. The number of fused-ring (bicyclic) bond motifs is 1. The lowest BCUT2D eigenvalue weighted by molar-refractivity contribution is 0.297. The Hall–Kier alpha value is -1.44. The SMILES string of the molecule is CCNC(=NCc1ccc2c(c1)OCCCO2)NC1CC=CC1.I. The Morgan fingerprint density at radius 1 is 1.17 bits per heavy atom. The van der Waals surface area contributed by atoms with Crippen LogP contribution in [0.4, 0.5) is 0 Å². The van der Waals surface area contributed by atoms with Crippen LogP contribution in [0.1, 0.15) is 31.7 Å². The van der Waals surface area contributed by atoms with Crippen molar-refractivity contribution < 1.29 is 9.47 Å². The zero-order chi connectivity index (χ0) is 15.9. The minimum absolute atomic E-state index is 0. The van der Waals surface area contributed by atoms with Crippen molar-refractivity contribution in [2.24, 2.45) is 4.99 Å². The number of guanidine groups is 1. The van der Waals surface area contributed by atoms with Crippen LogP contribution in [0.3, 0.4) is 0 Å². The van der Waals surface area contributed by atoms with Gasteiger partial charge in [-0.15, -0.1) is 24.0 Å². The molecule has 3 rings (SSSR count). The Balaban J connectivity index is 0.00000208. The smallest absolute Gasteiger partial charge is 0.191 e. The molecule has 132 valence electrons. The van der Waals surface area contributed by atoms with E-state index in [0.717, 1.165) is 48.8 Å². The highest BCUT2D eigenvalue weighted by Gasteiger charge is 2.12. The normalized spacial score (nSPS) is 17.1. The van der Waals surface area contributed by atoms with Crippen molar-refractivity contribution in [3.8, 4) is 11.5 Å². The zero-order valence-electron chi connectivity index (χ0n) is 14.1. The van der Waals surface area contributed by atoms with E-state index in [0.29, 0.717) is 25.8 Å². The minimum atomic E-state index is 0. The summed E-state index contributed by atoms with van der Waals surface area (Å²) >= 11 is 0. The average Bonchev–Trinajstić information content (AvgIpc) is 2.96. The first kappa shape index (κ1) is 18.9. The van der Waals surface area contributed by atoms with Gasteiger partial charge in [0.1, 0.15) is 0 Å². The number of benzene rings is 1. The van der Waals surface area contributed by atoms with Gasteiger partial charge < -0.3 is 20.1 Å². The van der Waals surface area contributed by atoms with Crippen LogP contribution in [-0.2, 0) is 6.54 Å². The zero-order valence-corrected chi connectivity index (χ0v) is 16.4. The third-order valence-electron chi connectivity index (χ3n) is 3.92. The second kappa shape index (κ2) is 9.76. The van der Waals surface area contributed by atoms with Gasteiger partial charge in [0, 0.05) is 19.0 Å². The number of ether oxygens (including phenoxy) is 2. The van der Waals surface area contributed by atoms with E-state index in [1.165, 1.54) is 0 Å². The van der Waals surface area contributed by atoms with E-state index in [4.69, 9.17) is 9.47 Å². The predicted molar refractivity (Wildman–Crippen MR) is 108 cm³/mol. The second-order valence-corrected chi connectivity index (χ2v) is 5.81. The number of aliphatic imine (C=N–C) groups is 1. The van der Waals surface area contributed by atoms with E-state index in [9.17, 15) is 0 Å². The van der Waals surface area contributed by atoms with Crippen LogP contribution in [0.15, 0.2) is 35.3 Å². The maximum absolute atomic E-state index is 5.74. The van der Waals surface area contributed by atoms with Crippen LogP contribution in [0.5, 0.6) is 11.5 Å².